The lowest BCUT2D eigenvalue weighted by molar-refractivity contribution is -0.116. The summed E-state index contributed by atoms with van der Waals surface area (Å²) in [5.41, 5.74) is 5.69. The summed E-state index contributed by atoms with van der Waals surface area (Å²) < 4.78 is 9.95. The molecule has 7 heteroatoms. The molecule has 0 aliphatic heterocycles. The van der Waals surface area contributed by atoms with E-state index in [1.54, 1.807) is 0 Å². The fourth-order valence-corrected chi connectivity index (χ4v) is 1.23. The Kier molecular flexibility index (Phi) is 5.31. The third-order valence-electron chi connectivity index (χ3n) is 2.32. The molecular formula is C11H18N4O3. The Balaban J connectivity index is 2.74. The van der Waals surface area contributed by atoms with Gasteiger partial charge >= 0.3 is 0 Å². The van der Waals surface area contributed by atoms with Gasteiger partial charge in [-0.3, -0.25) is 10.1 Å². The van der Waals surface area contributed by atoms with Gasteiger partial charge in [-0.15, -0.1) is 0 Å². The van der Waals surface area contributed by atoms with Crippen molar-refractivity contribution in [2.24, 2.45) is 5.73 Å². The van der Waals surface area contributed by atoms with Gasteiger partial charge in [0.25, 0.3) is 0 Å². The molecule has 1 atom stereocenters. The largest absolute Gasteiger partial charge is 0.481 e. The lowest BCUT2D eigenvalue weighted by Crippen LogP contribution is -2.26. The van der Waals surface area contributed by atoms with Crippen molar-refractivity contribution in [3.8, 4) is 11.8 Å². The number of carbonyl (C=O) groups excluding carboxylic acids is 1. The first kappa shape index (κ1) is 14.2. The van der Waals surface area contributed by atoms with Crippen LogP contribution in [0.1, 0.15) is 19.8 Å². The number of carbonyl (C=O) groups is 1. The lowest BCUT2D eigenvalue weighted by Gasteiger charge is -2.09. The third-order valence-corrected chi connectivity index (χ3v) is 2.32. The summed E-state index contributed by atoms with van der Waals surface area (Å²) in [4.78, 5) is 19.6. The second-order valence-electron chi connectivity index (χ2n) is 3.70. The van der Waals surface area contributed by atoms with E-state index in [-0.39, 0.29) is 24.3 Å². The minimum absolute atomic E-state index is 0.138. The maximum absolute atomic E-state index is 11.6. The lowest BCUT2D eigenvalue weighted by atomic mass is 10.1. The second kappa shape index (κ2) is 6.75. The molecule has 18 heavy (non-hydrogen) atoms. The van der Waals surface area contributed by atoms with Crippen molar-refractivity contribution in [1.82, 2.24) is 9.97 Å². The molecule has 0 saturated heterocycles. The van der Waals surface area contributed by atoms with E-state index in [4.69, 9.17) is 15.2 Å². The van der Waals surface area contributed by atoms with Crippen LogP contribution < -0.4 is 20.5 Å². The molecule has 7 nitrogen and oxygen atoms in total. The first-order valence-electron chi connectivity index (χ1n) is 5.61. The maximum atomic E-state index is 11.6. The Morgan fingerprint density at radius 1 is 1.39 bits per heavy atom. The van der Waals surface area contributed by atoms with E-state index in [2.05, 4.69) is 15.3 Å². The van der Waals surface area contributed by atoms with Crippen molar-refractivity contribution in [2.75, 3.05) is 19.5 Å². The van der Waals surface area contributed by atoms with E-state index in [1.807, 2.05) is 6.92 Å². The van der Waals surface area contributed by atoms with Crippen LogP contribution >= 0.6 is 0 Å². The van der Waals surface area contributed by atoms with Crippen LogP contribution in [-0.2, 0) is 4.79 Å². The van der Waals surface area contributed by atoms with Crippen molar-refractivity contribution >= 4 is 11.9 Å². The molecule has 1 rings (SSSR count). The number of anilines is 1. The molecule has 0 fully saturated rings. The smallest absolute Gasteiger partial charge is 0.236 e. The number of amides is 1. The van der Waals surface area contributed by atoms with E-state index in [0.29, 0.717) is 11.8 Å². The topological polar surface area (TPSA) is 99.4 Å². The highest BCUT2D eigenvalue weighted by Crippen LogP contribution is 2.17. The Bertz CT molecular complexity index is 389. The summed E-state index contributed by atoms with van der Waals surface area (Å²) in [7, 11) is 2.95. The Morgan fingerprint density at radius 3 is 2.39 bits per heavy atom. The average molecular weight is 254 g/mol. The van der Waals surface area contributed by atoms with Crippen LogP contribution in [0.15, 0.2) is 6.07 Å². The summed E-state index contributed by atoms with van der Waals surface area (Å²) in [6, 6.07) is 1.35. The molecule has 1 unspecified atom stereocenters. The minimum Gasteiger partial charge on any atom is -0.481 e. The van der Waals surface area contributed by atoms with Crippen LogP contribution in [0, 0.1) is 0 Å². The van der Waals surface area contributed by atoms with Crippen molar-refractivity contribution < 1.29 is 14.3 Å². The first-order valence-corrected chi connectivity index (χ1v) is 5.61. The highest BCUT2D eigenvalue weighted by atomic mass is 16.5. The van der Waals surface area contributed by atoms with Gasteiger partial charge in [-0.05, 0) is 6.42 Å². The predicted molar refractivity (Wildman–Crippen MR) is 66.6 cm³/mol. The van der Waals surface area contributed by atoms with Crippen LogP contribution in [0.5, 0.6) is 11.8 Å². The monoisotopic (exact) mass is 254 g/mol. The Labute approximate surface area is 106 Å². The highest BCUT2D eigenvalue weighted by molar-refractivity contribution is 5.89. The summed E-state index contributed by atoms with van der Waals surface area (Å²) in [5.74, 6) is 0.535. The molecule has 3 N–H and O–H groups in total. The number of nitrogens with zero attached hydrogens (tertiary/aromatic N) is 2. The molecule has 0 bridgehead atoms. The van der Waals surface area contributed by atoms with Crippen molar-refractivity contribution in [3.63, 3.8) is 0 Å². The number of aromatic nitrogens is 2. The number of nitrogens with one attached hydrogen (secondary N) is 1. The van der Waals surface area contributed by atoms with E-state index in [0.717, 1.165) is 6.42 Å². The van der Waals surface area contributed by atoms with Gasteiger partial charge in [0.1, 0.15) is 0 Å². The number of ether oxygens (including phenoxy) is 2. The molecule has 0 aliphatic carbocycles. The van der Waals surface area contributed by atoms with Gasteiger partial charge < -0.3 is 15.2 Å². The standard InChI is InChI=1S/C11H18N4O3/c1-4-7(12)5-8(16)13-11-14-9(17-2)6-10(15-11)18-3/h6-7H,4-5,12H2,1-3H3,(H,13,14,15,16). The van der Waals surface area contributed by atoms with Crippen LogP contribution in [-0.4, -0.2) is 36.1 Å². The van der Waals surface area contributed by atoms with Crippen LogP contribution in [0.3, 0.4) is 0 Å². The molecule has 1 heterocycles. The average Bonchev–Trinajstić information content (AvgIpc) is 2.37. The van der Waals surface area contributed by atoms with E-state index < -0.39 is 0 Å². The molecule has 0 spiro atoms. The molecule has 1 amide bonds. The van der Waals surface area contributed by atoms with E-state index in [9.17, 15) is 4.79 Å². The normalized spacial score (nSPS) is 11.8. The quantitative estimate of drug-likeness (QED) is 0.769. The molecule has 0 saturated carbocycles. The number of rotatable bonds is 6. The maximum Gasteiger partial charge on any atom is 0.236 e. The zero-order valence-electron chi connectivity index (χ0n) is 10.8. The summed E-state index contributed by atoms with van der Waals surface area (Å²) in [6.45, 7) is 1.92. The zero-order valence-corrected chi connectivity index (χ0v) is 10.8. The van der Waals surface area contributed by atoms with Crippen molar-refractivity contribution in [1.29, 1.82) is 0 Å². The number of nitrogens with two attached hydrogens (primary N) is 1. The van der Waals surface area contributed by atoms with E-state index >= 15 is 0 Å². The SMILES string of the molecule is CCC(N)CC(=O)Nc1nc(OC)cc(OC)n1. The van der Waals surface area contributed by atoms with Crippen molar-refractivity contribution in [2.45, 2.75) is 25.8 Å². The van der Waals surface area contributed by atoms with Gasteiger partial charge in [0, 0.05) is 12.5 Å². The van der Waals surface area contributed by atoms with Gasteiger partial charge in [-0.2, -0.15) is 9.97 Å². The molecule has 0 aliphatic rings. The van der Waals surface area contributed by atoms with Gasteiger partial charge in [0.2, 0.25) is 23.6 Å². The third kappa shape index (κ3) is 4.17. The minimum atomic E-state index is -0.236. The highest BCUT2D eigenvalue weighted by Gasteiger charge is 2.11. The predicted octanol–water partition coefficient (Wildman–Crippen LogP) is 0.560. The van der Waals surface area contributed by atoms with Gasteiger partial charge in [0.05, 0.1) is 20.3 Å². The van der Waals surface area contributed by atoms with E-state index in [1.165, 1.54) is 20.3 Å². The fourth-order valence-electron chi connectivity index (χ4n) is 1.23. The van der Waals surface area contributed by atoms with Crippen LogP contribution in [0.25, 0.3) is 0 Å². The van der Waals surface area contributed by atoms with Crippen LogP contribution in [0.2, 0.25) is 0 Å². The fraction of sp³-hybridized carbons (Fsp3) is 0.545. The number of hydrogen-bond donors (Lipinski definition) is 2. The van der Waals surface area contributed by atoms with Gasteiger partial charge in [-0.1, -0.05) is 6.92 Å². The zero-order chi connectivity index (χ0) is 13.5. The number of hydrogen-bond acceptors (Lipinski definition) is 6. The molecule has 0 radical (unpaired) electrons. The summed E-state index contributed by atoms with van der Waals surface area (Å²) in [6.07, 6.45) is 0.953. The second-order valence-corrected chi connectivity index (χ2v) is 3.70. The summed E-state index contributed by atoms with van der Waals surface area (Å²) >= 11 is 0. The van der Waals surface area contributed by atoms with Crippen molar-refractivity contribution in [3.05, 3.63) is 6.07 Å². The molecule has 100 valence electrons. The van der Waals surface area contributed by atoms with Crippen LogP contribution in [0.4, 0.5) is 5.95 Å². The Hall–Kier alpha value is -1.89. The number of methoxy groups -OCH3 is 2. The van der Waals surface area contributed by atoms with Gasteiger partial charge in [-0.25, -0.2) is 0 Å². The molecular weight excluding hydrogens is 236 g/mol. The first-order chi connectivity index (χ1) is 8.58. The van der Waals surface area contributed by atoms with Gasteiger partial charge in [0.15, 0.2) is 0 Å². The molecule has 1 aromatic rings. The Morgan fingerprint density at radius 2 is 1.94 bits per heavy atom. The summed E-state index contributed by atoms with van der Waals surface area (Å²) in [5, 5.41) is 2.56. The molecule has 0 aromatic carbocycles. The molecule has 1 aromatic heterocycles.